The highest BCUT2D eigenvalue weighted by Gasteiger charge is 2.30. The van der Waals surface area contributed by atoms with Gasteiger partial charge in [0, 0.05) is 24.4 Å². The van der Waals surface area contributed by atoms with Crippen LogP contribution in [0.1, 0.15) is 17.5 Å². The quantitative estimate of drug-likeness (QED) is 0.462. The van der Waals surface area contributed by atoms with E-state index in [9.17, 15) is 22.4 Å². The number of ether oxygens (including phenoxy) is 1. The van der Waals surface area contributed by atoms with Gasteiger partial charge in [-0.05, 0) is 48.4 Å². The van der Waals surface area contributed by atoms with Gasteiger partial charge >= 0.3 is 6.18 Å². The summed E-state index contributed by atoms with van der Waals surface area (Å²) in [6.07, 6.45) is -3.12. The van der Waals surface area contributed by atoms with E-state index < -0.39 is 17.6 Å². The first-order valence-corrected chi connectivity index (χ1v) is 9.13. The highest BCUT2D eigenvalue weighted by molar-refractivity contribution is 6.31. The van der Waals surface area contributed by atoms with E-state index in [0.717, 1.165) is 17.7 Å². The zero-order chi connectivity index (χ0) is 21.7. The minimum Gasteiger partial charge on any atom is -0.439 e. The van der Waals surface area contributed by atoms with E-state index in [1.807, 2.05) is 0 Å². The number of nitrogens with zero attached hydrogens (tertiary/aromatic N) is 1. The zero-order valence-electron chi connectivity index (χ0n) is 15.3. The lowest BCUT2D eigenvalue weighted by Gasteiger charge is -2.09. The monoisotopic (exact) mass is 438 g/mol. The van der Waals surface area contributed by atoms with Crippen LogP contribution < -0.4 is 10.1 Å². The number of alkyl halides is 3. The van der Waals surface area contributed by atoms with Crippen LogP contribution in [0.15, 0.2) is 60.8 Å². The average molecular weight is 439 g/mol. The molecule has 0 saturated carbocycles. The Kier molecular flexibility index (Phi) is 6.56. The van der Waals surface area contributed by atoms with Crippen LogP contribution >= 0.6 is 11.6 Å². The van der Waals surface area contributed by atoms with Crippen molar-refractivity contribution in [2.75, 3.05) is 5.32 Å². The van der Waals surface area contributed by atoms with Gasteiger partial charge < -0.3 is 10.1 Å². The Bertz CT molecular complexity index is 1020. The Hall–Kier alpha value is -3.13. The Morgan fingerprint density at radius 1 is 1.07 bits per heavy atom. The molecular formula is C21H15ClF4N2O2. The highest BCUT2D eigenvalue weighted by Crippen LogP contribution is 2.30. The first-order valence-electron chi connectivity index (χ1n) is 8.75. The van der Waals surface area contributed by atoms with Crippen molar-refractivity contribution in [2.45, 2.75) is 19.0 Å². The smallest absolute Gasteiger partial charge is 0.417 e. The molecule has 0 bridgehead atoms. The first kappa shape index (κ1) is 21.6. The number of benzene rings is 2. The Morgan fingerprint density at radius 3 is 2.40 bits per heavy atom. The molecule has 3 aromatic rings. The number of carbonyl (C=O) groups excluding carboxylic acids is 1. The van der Waals surface area contributed by atoms with Crippen LogP contribution in [0.4, 0.5) is 23.2 Å². The minimum atomic E-state index is -4.46. The molecule has 0 aliphatic rings. The molecule has 9 heteroatoms. The van der Waals surface area contributed by atoms with Crippen molar-refractivity contribution in [3.8, 4) is 11.6 Å². The molecule has 4 nitrogen and oxygen atoms in total. The average Bonchev–Trinajstić information content (AvgIpc) is 2.70. The van der Waals surface area contributed by atoms with Gasteiger partial charge in [0.2, 0.25) is 11.8 Å². The Morgan fingerprint density at radius 2 is 1.80 bits per heavy atom. The van der Waals surface area contributed by atoms with Gasteiger partial charge in [0.25, 0.3) is 0 Å². The number of hydrogen-bond donors (Lipinski definition) is 1. The van der Waals surface area contributed by atoms with Crippen LogP contribution in [0.25, 0.3) is 0 Å². The predicted molar refractivity (Wildman–Crippen MR) is 104 cm³/mol. The largest absolute Gasteiger partial charge is 0.439 e. The van der Waals surface area contributed by atoms with E-state index in [1.165, 1.54) is 18.2 Å². The van der Waals surface area contributed by atoms with Crippen LogP contribution in [0.3, 0.4) is 0 Å². The molecule has 156 valence electrons. The third-order valence-electron chi connectivity index (χ3n) is 4.05. The number of anilines is 1. The second-order valence-electron chi connectivity index (χ2n) is 6.31. The molecule has 1 aromatic heterocycles. The summed E-state index contributed by atoms with van der Waals surface area (Å²) in [7, 11) is 0. The van der Waals surface area contributed by atoms with E-state index in [2.05, 4.69) is 10.3 Å². The molecule has 0 aliphatic carbocycles. The highest BCUT2D eigenvalue weighted by atomic mass is 35.5. The number of nitrogens with one attached hydrogen (secondary N) is 1. The number of rotatable bonds is 6. The molecule has 0 unspecified atom stereocenters. The lowest BCUT2D eigenvalue weighted by Crippen LogP contribution is -2.12. The number of pyridine rings is 1. The third-order valence-corrected chi connectivity index (χ3v) is 4.34. The molecule has 0 atom stereocenters. The topological polar surface area (TPSA) is 51.2 Å². The number of aromatic nitrogens is 1. The summed E-state index contributed by atoms with van der Waals surface area (Å²) in [5, 5.41) is 2.56. The molecule has 0 fully saturated rings. The van der Waals surface area contributed by atoms with Crippen molar-refractivity contribution in [3.05, 3.63) is 82.8 Å². The van der Waals surface area contributed by atoms with Crippen molar-refractivity contribution >= 4 is 23.2 Å². The van der Waals surface area contributed by atoms with Crippen molar-refractivity contribution in [1.82, 2.24) is 4.98 Å². The normalized spacial score (nSPS) is 11.2. The summed E-state index contributed by atoms with van der Waals surface area (Å²) in [6, 6.07) is 12.7. The summed E-state index contributed by atoms with van der Waals surface area (Å²) >= 11 is 5.68. The maximum atomic E-state index is 13.1. The number of carbonyl (C=O) groups is 1. The van der Waals surface area contributed by atoms with E-state index in [-0.39, 0.29) is 23.2 Å². The van der Waals surface area contributed by atoms with Gasteiger partial charge in [-0.15, -0.1) is 0 Å². The second-order valence-corrected chi connectivity index (χ2v) is 6.71. The van der Waals surface area contributed by atoms with Crippen LogP contribution in [0, 0.1) is 5.82 Å². The van der Waals surface area contributed by atoms with Gasteiger partial charge in [-0.3, -0.25) is 4.79 Å². The number of halogens is 5. The van der Waals surface area contributed by atoms with E-state index >= 15 is 0 Å². The summed E-state index contributed by atoms with van der Waals surface area (Å²) < 4.78 is 56.2. The summed E-state index contributed by atoms with van der Waals surface area (Å²) in [6.45, 7) is 0. The molecule has 0 saturated heterocycles. The van der Waals surface area contributed by atoms with Crippen LogP contribution in [-0.2, 0) is 17.4 Å². The van der Waals surface area contributed by atoms with Gasteiger partial charge in [-0.1, -0.05) is 23.7 Å². The zero-order valence-corrected chi connectivity index (χ0v) is 16.1. The second kappa shape index (κ2) is 9.13. The van der Waals surface area contributed by atoms with Crippen molar-refractivity contribution in [3.63, 3.8) is 0 Å². The molecule has 1 amide bonds. The number of hydrogen-bond acceptors (Lipinski definition) is 3. The molecular weight excluding hydrogens is 424 g/mol. The summed E-state index contributed by atoms with van der Waals surface area (Å²) in [4.78, 5) is 15.7. The maximum Gasteiger partial charge on any atom is 0.417 e. The molecule has 0 aliphatic heterocycles. The lowest BCUT2D eigenvalue weighted by atomic mass is 10.1. The minimum absolute atomic E-state index is 0.0353. The van der Waals surface area contributed by atoms with Crippen molar-refractivity contribution < 1.29 is 27.1 Å². The SMILES string of the molecule is O=C(CCc1ccc(Oc2ccc(C(F)(F)F)cn2)cc1)Nc1ccc(F)c(Cl)c1. The maximum absolute atomic E-state index is 13.1. The van der Waals surface area contributed by atoms with Gasteiger partial charge in [0.05, 0.1) is 10.6 Å². The molecule has 0 spiro atoms. The number of amides is 1. The fourth-order valence-electron chi connectivity index (χ4n) is 2.51. The lowest BCUT2D eigenvalue weighted by molar-refractivity contribution is -0.137. The fraction of sp³-hybridized carbons (Fsp3) is 0.143. The van der Waals surface area contributed by atoms with Gasteiger partial charge in [0.1, 0.15) is 11.6 Å². The van der Waals surface area contributed by atoms with E-state index in [4.69, 9.17) is 16.3 Å². The molecule has 2 aromatic carbocycles. The molecule has 1 N–H and O–H groups in total. The van der Waals surface area contributed by atoms with E-state index in [0.29, 0.717) is 24.1 Å². The van der Waals surface area contributed by atoms with Crippen LogP contribution in [0.2, 0.25) is 5.02 Å². The standard InChI is InChI=1S/C21H15ClF4N2O2/c22-17-11-15(5-8-18(17)23)28-19(29)9-3-13-1-6-16(7-2-13)30-20-10-4-14(12-27-20)21(24,25)26/h1-2,4-8,10-12H,3,9H2,(H,28,29). The summed E-state index contributed by atoms with van der Waals surface area (Å²) in [5.74, 6) is -0.389. The Balaban J connectivity index is 1.51. The third kappa shape index (κ3) is 5.93. The predicted octanol–water partition coefficient (Wildman–Crippen LogP) is 6.26. The molecule has 30 heavy (non-hydrogen) atoms. The van der Waals surface area contributed by atoms with Gasteiger partial charge in [-0.2, -0.15) is 13.2 Å². The summed E-state index contributed by atoms with van der Waals surface area (Å²) in [5.41, 5.74) is 0.403. The van der Waals surface area contributed by atoms with Crippen molar-refractivity contribution in [2.24, 2.45) is 0 Å². The molecule has 0 radical (unpaired) electrons. The van der Waals surface area contributed by atoms with Crippen LogP contribution in [0.5, 0.6) is 11.6 Å². The first-order chi connectivity index (χ1) is 14.2. The van der Waals surface area contributed by atoms with E-state index in [1.54, 1.807) is 24.3 Å². The molecule has 1 heterocycles. The molecule has 3 rings (SSSR count). The van der Waals surface area contributed by atoms with Crippen molar-refractivity contribution in [1.29, 1.82) is 0 Å². The van der Waals surface area contributed by atoms with Gasteiger partial charge in [0.15, 0.2) is 0 Å². The van der Waals surface area contributed by atoms with Gasteiger partial charge in [-0.25, -0.2) is 9.37 Å². The van der Waals surface area contributed by atoms with Crippen LogP contribution in [-0.4, -0.2) is 10.9 Å². The fourth-order valence-corrected chi connectivity index (χ4v) is 2.69. The number of aryl methyl sites for hydroxylation is 1. The Labute approximate surface area is 174 Å².